The lowest BCUT2D eigenvalue weighted by Crippen LogP contribution is -2.42. The van der Waals surface area contributed by atoms with Gasteiger partial charge in [0.1, 0.15) is 6.04 Å². The molecular weight excluding hydrogens is 416 g/mol. The Kier molecular flexibility index (Phi) is 6.93. The first-order valence-electron chi connectivity index (χ1n) is 9.74. The highest BCUT2D eigenvalue weighted by Crippen LogP contribution is 2.39. The molecule has 2 aromatic carbocycles. The molecule has 3 rings (SSSR count). The highest BCUT2D eigenvalue weighted by molar-refractivity contribution is 5.98. The van der Waals surface area contributed by atoms with Crippen LogP contribution >= 0.6 is 0 Å². The topological polar surface area (TPSA) is 132 Å². The molecule has 10 nitrogen and oxygen atoms in total. The fourth-order valence-electron chi connectivity index (χ4n) is 3.22. The summed E-state index contributed by atoms with van der Waals surface area (Å²) >= 11 is 0. The summed E-state index contributed by atoms with van der Waals surface area (Å²) in [5.74, 6) is 0.314. The van der Waals surface area contributed by atoms with E-state index in [2.05, 4.69) is 20.8 Å². The van der Waals surface area contributed by atoms with Gasteiger partial charge in [0.05, 0.1) is 38.8 Å². The number of nitrogens with one attached hydrogen (secondary N) is 3. The molecule has 10 heteroatoms. The monoisotopic (exact) mass is 440 g/mol. The van der Waals surface area contributed by atoms with Crippen molar-refractivity contribution in [2.75, 3.05) is 26.6 Å². The van der Waals surface area contributed by atoms with Crippen molar-refractivity contribution in [3.63, 3.8) is 0 Å². The summed E-state index contributed by atoms with van der Waals surface area (Å²) < 4.78 is 15.8. The summed E-state index contributed by atoms with van der Waals surface area (Å²) in [4.78, 5) is 37.0. The Morgan fingerprint density at radius 2 is 1.66 bits per heavy atom. The summed E-state index contributed by atoms with van der Waals surface area (Å²) in [5, 5.41) is 12.8. The molecule has 1 aromatic heterocycles. The van der Waals surface area contributed by atoms with E-state index in [1.54, 1.807) is 43.3 Å². The van der Waals surface area contributed by atoms with Gasteiger partial charge in [0.25, 0.3) is 5.56 Å². The highest BCUT2D eigenvalue weighted by Gasteiger charge is 2.20. The van der Waals surface area contributed by atoms with Crippen molar-refractivity contribution in [3.8, 4) is 17.2 Å². The molecule has 0 radical (unpaired) electrons. The zero-order valence-corrected chi connectivity index (χ0v) is 18.1. The molecule has 1 heterocycles. The number of ether oxygens (including phenoxy) is 3. The SMILES string of the molecule is COc1cc(NC(=O)[C@H](C)NC(=O)Cc2n[nH]c(=O)c3ccccc23)cc(OC)c1OC. The zero-order valence-electron chi connectivity index (χ0n) is 18.1. The van der Waals surface area contributed by atoms with Crippen LogP contribution in [0.5, 0.6) is 17.2 Å². The maximum Gasteiger partial charge on any atom is 0.272 e. The fraction of sp³-hybridized carbons (Fsp3) is 0.273. The van der Waals surface area contributed by atoms with Crippen LogP contribution in [0.15, 0.2) is 41.2 Å². The van der Waals surface area contributed by atoms with Crippen molar-refractivity contribution in [2.24, 2.45) is 0 Å². The molecule has 32 heavy (non-hydrogen) atoms. The molecule has 0 aliphatic heterocycles. The molecule has 0 aliphatic rings. The summed E-state index contributed by atoms with van der Waals surface area (Å²) in [5.41, 5.74) is 0.497. The number of carbonyl (C=O) groups excluding carboxylic acids is 2. The first kappa shape index (κ1) is 22.6. The maximum atomic E-state index is 12.6. The Morgan fingerprint density at radius 1 is 1.03 bits per heavy atom. The lowest BCUT2D eigenvalue weighted by Gasteiger charge is -2.17. The normalized spacial score (nSPS) is 11.5. The number of hydrogen-bond donors (Lipinski definition) is 3. The zero-order chi connectivity index (χ0) is 23.3. The lowest BCUT2D eigenvalue weighted by atomic mass is 10.1. The largest absolute Gasteiger partial charge is 0.493 e. The molecule has 0 bridgehead atoms. The Morgan fingerprint density at radius 3 is 2.25 bits per heavy atom. The van der Waals surface area contributed by atoms with E-state index in [0.29, 0.717) is 39.4 Å². The number of methoxy groups -OCH3 is 3. The molecule has 2 amide bonds. The molecule has 3 N–H and O–H groups in total. The van der Waals surface area contributed by atoms with Gasteiger partial charge in [0.2, 0.25) is 17.6 Å². The van der Waals surface area contributed by atoms with E-state index in [9.17, 15) is 14.4 Å². The minimum Gasteiger partial charge on any atom is -0.493 e. The van der Waals surface area contributed by atoms with E-state index < -0.39 is 17.9 Å². The number of nitrogens with zero attached hydrogens (tertiary/aromatic N) is 1. The van der Waals surface area contributed by atoms with Crippen molar-refractivity contribution in [2.45, 2.75) is 19.4 Å². The van der Waals surface area contributed by atoms with Crippen LogP contribution in [0.2, 0.25) is 0 Å². The standard InChI is InChI=1S/C22H24N4O6/c1-12(21(28)24-13-9-17(30-2)20(32-4)18(10-13)31-3)23-19(27)11-16-14-7-5-6-8-15(14)22(29)26-25-16/h5-10,12H,11H2,1-4H3,(H,23,27)(H,24,28)(H,26,29)/t12-/m0/s1. The Balaban J connectivity index is 1.69. The van der Waals surface area contributed by atoms with E-state index in [0.717, 1.165) is 0 Å². The Labute approximate surface area is 183 Å². The van der Waals surface area contributed by atoms with Gasteiger partial charge in [0, 0.05) is 23.2 Å². The van der Waals surface area contributed by atoms with Gasteiger partial charge < -0.3 is 24.8 Å². The fourth-order valence-corrected chi connectivity index (χ4v) is 3.22. The van der Waals surface area contributed by atoms with E-state index >= 15 is 0 Å². The third-order valence-electron chi connectivity index (χ3n) is 4.81. The number of carbonyl (C=O) groups is 2. The van der Waals surface area contributed by atoms with Gasteiger partial charge in [-0.3, -0.25) is 14.4 Å². The predicted octanol–water partition coefficient (Wildman–Crippen LogP) is 1.63. The predicted molar refractivity (Wildman–Crippen MR) is 118 cm³/mol. The van der Waals surface area contributed by atoms with Crippen molar-refractivity contribution in [1.82, 2.24) is 15.5 Å². The number of H-pyrrole nitrogens is 1. The second-order valence-electron chi connectivity index (χ2n) is 6.91. The molecule has 0 saturated heterocycles. The van der Waals surface area contributed by atoms with Crippen molar-refractivity contribution in [1.29, 1.82) is 0 Å². The third kappa shape index (κ3) is 4.80. The quantitative estimate of drug-likeness (QED) is 0.485. The maximum absolute atomic E-state index is 12.6. The van der Waals surface area contributed by atoms with Gasteiger partial charge in [-0.2, -0.15) is 5.10 Å². The second kappa shape index (κ2) is 9.82. The number of aromatic nitrogens is 2. The third-order valence-corrected chi connectivity index (χ3v) is 4.81. The summed E-state index contributed by atoms with van der Waals surface area (Å²) in [6.45, 7) is 1.56. The molecule has 0 spiro atoms. The molecule has 0 unspecified atom stereocenters. The molecule has 0 fully saturated rings. The van der Waals surface area contributed by atoms with Crippen LogP contribution < -0.4 is 30.4 Å². The Hall–Kier alpha value is -4.08. The smallest absolute Gasteiger partial charge is 0.272 e. The molecule has 168 valence electrons. The summed E-state index contributed by atoms with van der Waals surface area (Å²) in [6.07, 6.45) is -0.0981. The van der Waals surface area contributed by atoms with Gasteiger partial charge >= 0.3 is 0 Å². The average Bonchev–Trinajstić information content (AvgIpc) is 2.80. The van der Waals surface area contributed by atoms with E-state index in [4.69, 9.17) is 14.2 Å². The highest BCUT2D eigenvalue weighted by atomic mass is 16.5. The van der Waals surface area contributed by atoms with Crippen molar-refractivity contribution >= 4 is 28.3 Å². The van der Waals surface area contributed by atoms with Gasteiger partial charge in [-0.25, -0.2) is 5.10 Å². The van der Waals surface area contributed by atoms with Gasteiger partial charge in [-0.05, 0) is 13.0 Å². The molecule has 3 aromatic rings. The number of aromatic amines is 1. The van der Waals surface area contributed by atoms with Crippen LogP contribution in [0.25, 0.3) is 10.8 Å². The number of fused-ring (bicyclic) bond motifs is 1. The Bertz CT molecular complexity index is 1180. The number of anilines is 1. The van der Waals surface area contributed by atoms with Crippen molar-refractivity contribution < 1.29 is 23.8 Å². The van der Waals surface area contributed by atoms with Gasteiger partial charge in [0.15, 0.2) is 11.5 Å². The van der Waals surface area contributed by atoms with Crippen molar-refractivity contribution in [3.05, 3.63) is 52.4 Å². The number of rotatable bonds is 8. The number of benzene rings is 2. The van der Waals surface area contributed by atoms with E-state index in [1.165, 1.54) is 21.3 Å². The van der Waals surface area contributed by atoms with E-state index in [-0.39, 0.29) is 12.0 Å². The number of amides is 2. The van der Waals surface area contributed by atoms with Gasteiger partial charge in [-0.1, -0.05) is 18.2 Å². The summed E-state index contributed by atoms with van der Waals surface area (Å²) in [7, 11) is 4.43. The van der Waals surface area contributed by atoms with Crippen LogP contribution in [-0.2, 0) is 16.0 Å². The molecular formula is C22H24N4O6. The number of hydrogen-bond acceptors (Lipinski definition) is 7. The lowest BCUT2D eigenvalue weighted by molar-refractivity contribution is -0.125. The van der Waals surface area contributed by atoms with Crippen LogP contribution in [0.1, 0.15) is 12.6 Å². The average molecular weight is 440 g/mol. The summed E-state index contributed by atoms with van der Waals surface area (Å²) in [6, 6.07) is 9.21. The molecule has 0 saturated carbocycles. The van der Waals surface area contributed by atoms with Crippen LogP contribution in [-0.4, -0.2) is 49.4 Å². The minimum absolute atomic E-state index is 0.0981. The molecule has 0 aliphatic carbocycles. The van der Waals surface area contributed by atoms with Crippen LogP contribution in [0, 0.1) is 0 Å². The first-order chi connectivity index (χ1) is 15.4. The van der Waals surface area contributed by atoms with Crippen LogP contribution in [0.4, 0.5) is 5.69 Å². The minimum atomic E-state index is -0.837. The first-order valence-corrected chi connectivity index (χ1v) is 9.74. The molecule has 1 atom stereocenters. The van der Waals surface area contributed by atoms with Crippen LogP contribution in [0.3, 0.4) is 0 Å². The second-order valence-corrected chi connectivity index (χ2v) is 6.91. The van der Waals surface area contributed by atoms with E-state index in [1.807, 2.05) is 0 Å². The van der Waals surface area contributed by atoms with Gasteiger partial charge in [-0.15, -0.1) is 0 Å².